The van der Waals surface area contributed by atoms with Crippen LogP contribution in [0.1, 0.15) is 159 Å². The van der Waals surface area contributed by atoms with Crippen molar-refractivity contribution >= 4 is 18.0 Å². The van der Waals surface area contributed by atoms with E-state index in [1.807, 2.05) is 53.1 Å². The number of hydrogen-bond donors (Lipinski definition) is 2. The van der Waals surface area contributed by atoms with Gasteiger partial charge in [-0.2, -0.15) is 0 Å². The molecule has 0 heterocycles. The Balaban J connectivity index is -0.000000209. The predicted octanol–water partition coefficient (Wildman–Crippen LogP) is 16.0. The molecule has 2 N–H and O–H groups in total. The zero-order valence-corrected chi connectivity index (χ0v) is 37.9. The monoisotopic (exact) mass is 752 g/mol. The van der Waals surface area contributed by atoms with Crippen LogP contribution in [0.2, 0.25) is 0 Å². The summed E-state index contributed by atoms with van der Waals surface area (Å²) in [6.07, 6.45) is 43.2. The molecule has 308 valence electrons. The van der Waals surface area contributed by atoms with Crippen molar-refractivity contribution in [1.29, 1.82) is 0 Å². The van der Waals surface area contributed by atoms with E-state index in [0.717, 1.165) is 37.4 Å². The number of rotatable bonds is 15. The first-order chi connectivity index (χ1) is 26.8. The summed E-state index contributed by atoms with van der Waals surface area (Å²) >= 11 is 0. The SMILES string of the molecule is C#C.C/C=C\C(C)=C/CCC.C1CC1.C=CC#CC.C=CCCC.C=N/C=C\C1=C(CCC)C=C(c2ccc(N/C=C/C)cc2)C1.CC.CCC(CC)NC. The van der Waals surface area contributed by atoms with Gasteiger partial charge in [0.05, 0.1) is 0 Å². The zero-order valence-electron chi connectivity index (χ0n) is 37.9. The smallest absolute Gasteiger partial charge is 0.0380 e. The number of nitrogens with zero attached hydrogens (tertiary/aromatic N) is 1. The molecule has 1 saturated carbocycles. The van der Waals surface area contributed by atoms with Gasteiger partial charge in [0.15, 0.2) is 0 Å². The molecule has 3 heteroatoms. The number of nitrogens with one attached hydrogen (secondary N) is 2. The van der Waals surface area contributed by atoms with Crippen LogP contribution in [0.15, 0.2) is 120 Å². The molecule has 0 aliphatic heterocycles. The lowest BCUT2D eigenvalue weighted by Gasteiger charge is -2.08. The van der Waals surface area contributed by atoms with Crippen LogP contribution in [-0.2, 0) is 0 Å². The minimum atomic E-state index is 0.736. The number of terminal acetylenes is 1. The minimum absolute atomic E-state index is 0.736. The van der Waals surface area contributed by atoms with E-state index in [1.165, 1.54) is 79.2 Å². The lowest BCUT2D eigenvalue weighted by molar-refractivity contribution is 0.531. The minimum Gasteiger partial charge on any atom is -0.362 e. The molecular weight excluding hydrogens is 667 g/mol. The third-order valence-electron chi connectivity index (χ3n) is 7.39. The third kappa shape index (κ3) is 44.0. The molecule has 2 aliphatic carbocycles. The summed E-state index contributed by atoms with van der Waals surface area (Å²) in [7, 11) is 2.01. The van der Waals surface area contributed by atoms with Gasteiger partial charge in [0.2, 0.25) is 0 Å². The molecule has 0 radical (unpaired) electrons. The fourth-order valence-electron chi connectivity index (χ4n) is 4.33. The van der Waals surface area contributed by atoms with Crippen molar-refractivity contribution in [3.8, 4) is 24.7 Å². The zero-order chi connectivity index (χ0) is 43.0. The van der Waals surface area contributed by atoms with Gasteiger partial charge in [-0.3, -0.25) is 4.99 Å². The number of unbranched alkanes of at least 4 members (excludes halogenated alkanes) is 2. The average Bonchev–Trinajstić information content (AvgIpc) is 4.07. The Labute approximate surface area is 344 Å². The van der Waals surface area contributed by atoms with E-state index in [-0.39, 0.29) is 0 Å². The highest BCUT2D eigenvalue weighted by atomic mass is 14.9. The maximum Gasteiger partial charge on any atom is 0.0380 e. The molecule has 0 saturated heterocycles. The number of allylic oxidation sites excluding steroid dienone is 12. The highest BCUT2D eigenvalue weighted by Crippen LogP contribution is 2.35. The predicted molar refractivity (Wildman–Crippen MR) is 259 cm³/mol. The van der Waals surface area contributed by atoms with Crippen molar-refractivity contribution in [3.63, 3.8) is 0 Å². The van der Waals surface area contributed by atoms with Crippen molar-refractivity contribution in [2.75, 3.05) is 12.4 Å². The lowest BCUT2D eigenvalue weighted by atomic mass is 10.0. The Bertz CT molecular complexity index is 1270. The second-order valence-corrected chi connectivity index (χ2v) is 12.1. The topological polar surface area (TPSA) is 36.4 Å². The van der Waals surface area contributed by atoms with Crippen LogP contribution in [0.4, 0.5) is 5.69 Å². The second-order valence-electron chi connectivity index (χ2n) is 12.1. The molecule has 3 nitrogen and oxygen atoms in total. The van der Waals surface area contributed by atoms with E-state index >= 15 is 0 Å². The largest absolute Gasteiger partial charge is 0.362 e. The molecule has 0 atom stereocenters. The van der Waals surface area contributed by atoms with Crippen LogP contribution in [0.25, 0.3) is 5.57 Å². The molecule has 1 aromatic carbocycles. The van der Waals surface area contributed by atoms with Gasteiger partial charge in [-0.25, -0.2) is 0 Å². The van der Waals surface area contributed by atoms with Gasteiger partial charge < -0.3 is 10.6 Å². The third-order valence-corrected chi connectivity index (χ3v) is 7.39. The van der Waals surface area contributed by atoms with Gasteiger partial charge in [-0.1, -0.05) is 154 Å². The number of benzene rings is 1. The molecular formula is C52H85N3. The lowest BCUT2D eigenvalue weighted by Crippen LogP contribution is -2.22. The average molecular weight is 752 g/mol. The van der Waals surface area contributed by atoms with Gasteiger partial charge in [-0.05, 0) is 133 Å². The van der Waals surface area contributed by atoms with Crippen LogP contribution in [0.5, 0.6) is 0 Å². The Kier molecular flexibility index (Phi) is 56.5. The Morgan fingerprint density at radius 1 is 0.909 bits per heavy atom. The maximum atomic E-state index is 4.00. The van der Waals surface area contributed by atoms with Crippen LogP contribution < -0.4 is 10.6 Å². The molecule has 0 spiro atoms. The van der Waals surface area contributed by atoms with Gasteiger partial charge in [0.25, 0.3) is 0 Å². The fourth-order valence-corrected chi connectivity index (χ4v) is 4.33. The Hall–Kier alpha value is -4.31. The molecule has 55 heavy (non-hydrogen) atoms. The Morgan fingerprint density at radius 2 is 1.49 bits per heavy atom. The summed E-state index contributed by atoms with van der Waals surface area (Å²) in [6, 6.07) is 9.34. The first kappa shape index (κ1) is 60.0. The summed E-state index contributed by atoms with van der Waals surface area (Å²) < 4.78 is 0. The van der Waals surface area contributed by atoms with E-state index in [9.17, 15) is 0 Å². The quantitative estimate of drug-likeness (QED) is 0.0810. The first-order valence-corrected chi connectivity index (χ1v) is 20.7. The number of anilines is 1. The highest BCUT2D eigenvalue weighted by Gasteiger charge is 2.15. The summed E-state index contributed by atoms with van der Waals surface area (Å²) in [5, 5.41) is 6.44. The summed E-state index contributed by atoms with van der Waals surface area (Å²) in [5.41, 5.74) is 7.94. The standard InChI is InChI=1S/C20H24N2.C9H16.C6H15N.C5H10.C5H6.C3H6.C2H6.C2H2/c1-4-6-17-14-19(15-18(17)11-13-21-3)16-7-9-20(10-8-16)22-12-5-2;1-4-6-8-9(3)7-5-2;1-4-6(5-2)7-3;2*1-3-5-4-2;1-2-3-1;2*1-2/h5,7-14,22H,3-4,6,15H2,1-2H3;5,7-8H,4,6H2,1-3H3;6-7H,4-5H2,1-3H3;3H,1,4-5H2,2H3;3H,1H2,2H3;1-3H2;1-2H3;1-2H/b12-5+,13-11-;7-5-,9-8-;;;;;;. The first-order valence-electron chi connectivity index (χ1n) is 20.7. The molecule has 1 fully saturated rings. The number of aliphatic imine (C=N–C) groups is 1. The highest BCUT2D eigenvalue weighted by molar-refractivity contribution is 5.76. The molecule has 0 aromatic heterocycles. The van der Waals surface area contributed by atoms with Crippen molar-refractivity contribution in [2.45, 2.75) is 159 Å². The van der Waals surface area contributed by atoms with Crippen molar-refractivity contribution < 1.29 is 0 Å². The van der Waals surface area contributed by atoms with Gasteiger partial charge in [0.1, 0.15) is 0 Å². The summed E-state index contributed by atoms with van der Waals surface area (Å²) in [4.78, 5) is 3.83. The Morgan fingerprint density at radius 3 is 1.82 bits per heavy atom. The van der Waals surface area contributed by atoms with E-state index in [1.54, 1.807) is 19.2 Å². The van der Waals surface area contributed by atoms with Crippen molar-refractivity contribution in [3.05, 3.63) is 121 Å². The molecule has 2 aliphatic rings. The number of hydrogen-bond acceptors (Lipinski definition) is 3. The van der Waals surface area contributed by atoms with Gasteiger partial charge in [-0.15, -0.1) is 25.3 Å². The molecule has 0 unspecified atom stereocenters. The van der Waals surface area contributed by atoms with E-state index < -0.39 is 0 Å². The maximum absolute atomic E-state index is 4.00. The van der Waals surface area contributed by atoms with Crippen molar-refractivity contribution in [1.82, 2.24) is 5.32 Å². The molecule has 0 bridgehead atoms. The van der Waals surface area contributed by atoms with E-state index in [4.69, 9.17) is 0 Å². The van der Waals surface area contributed by atoms with Crippen LogP contribution in [-0.4, -0.2) is 19.8 Å². The fraction of sp³-hybridized carbons (Fsp3) is 0.481. The molecule has 3 rings (SSSR count). The van der Waals surface area contributed by atoms with Gasteiger partial charge in [0, 0.05) is 17.9 Å². The van der Waals surface area contributed by atoms with Gasteiger partial charge >= 0.3 is 0 Å². The summed E-state index contributed by atoms with van der Waals surface area (Å²) in [5.74, 6) is 5.27. The van der Waals surface area contributed by atoms with Crippen molar-refractivity contribution in [2.24, 2.45) is 4.99 Å². The van der Waals surface area contributed by atoms with Crippen LogP contribution >= 0.6 is 0 Å². The van der Waals surface area contributed by atoms with Crippen LogP contribution in [0, 0.1) is 24.7 Å². The normalized spacial score (nSPS) is 11.9. The van der Waals surface area contributed by atoms with Crippen LogP contribution in [0.3, 0.4) is 0 Å². The van der Waals surface area contributed by atoms with E-state index in [0.29, 0.717) is 0 Å². The summed E-state index contributed by atoms with van der Waals surface area (Å²) in [6.45, 7) is 33.3. The van der Waals surface area contributed by atoms with E-state index in [2.05, 4.69) is 156 Å². The molecule has 0 amide bonds. The second kappa shape index (κ2) is 51.8. The molecule has 1 aromatic rings.